The average molecular weight is 291 g/mol. The number of rotatable bonds is 3. The number of likely N-dealkylation sites (tertiary alicyclic amines) is 1. The van der Waals surface area contributed by atoms with Crippen LogP contribution in [0.2, 0.25) is 0 Å². The van der Waals surface area contributed by atoms with E-state index in [9.17, 15) is 4.79 Å². The highest BCUT2D eigenvalue weighted by molar-refractivity contribution is 5.68. The SMILES string of the molecule is CC(C)(C)OC(=O)N1CCCC(CNc2cccnc2)C1. The quantitative estimate of drug-likeness (QED) is 0.929. The van der Waals surface area contributed by atoms with Gasteiger partial charge in [-0.15, -0.1) is 0 Å². The van der Waals surface area contributed by atoms with E-state index in [1.54, 1.807) is 6.20 Å². The Kier molecular flexibility index (Phi) is 5.04. The number of pyridine rings is 1. The Hall–Kier alpha value is -1.78. The Morgan fingerprint density at radius 2 is 2.33 bits per heavy atom. The van der Waals surface area contributed by atoms with Gasteiger partial charge in [0, 0.05) is 32.0 Å². The van der Waals surface area contributed by atoms with Gasteiger partial charge < -0.3 is 15.0 Å². The summed E-state index contributed by atoms with van der Waals surface area (Å²) < 4.78 is 5.44. The number of nitrogens with zero attached hydrogens (tertiary/aromatic N) is 2. The lowest BCUT2D eigenvalue weighted by molar-refractivity contribution is 0.0172. The van der Waals surface area contributed by atoms with Crippen molar-refractivity contribution in [1.29, 1.82) is 0 Å². The number of amides is 1. The predicted octanol–water partition coefficient (Wildman–Crippen LogP) is 3.14. The molecule has 5 nitrogen and oxygen atoms in total. The van der Waals surface area contributed by atoms with Crippen LogP contribution in [0.4, 0.5) is 10.5 Å². The van der Waals surface area contributed by atoms with E-state index in [1.165, 1.54) is 0 Å². The number of nitrogens with one attached hydrogen (secondary N) is 1. The second-order valence-corrected chi connectivity index (χ2v) is 6.56. The van der Waals surface area contributed by atoms with Crippen molar-refractivity contribution in [2.45, 2.75) is 39.2 Å². The van der Waals surface area contributed by atoms with Crippen molar-refractivity contribution in [3.05, 3.63) is 24.5 Å². The number of hydrogen-bond acceptors (Lipinski definition) is 4. The minimum absolute atomic E-state index is 0.200. The fourth-order valence-electron chi connectivity index (χ4n) is 2.45. The average Bonchev–Trinajstić information content (AvgIpc) is 2.45. The Balaban J connectivity index is 1.82. The van der Waals surface area contributed by atoms with Gasteiger partial charge in [-0.2, -0.15) is 0 Å². The lowest BCUT2D eigenvalue weighted by Crippen LogP contribution is -2.44. The molecule has 0 aliphatic carbocycles. The number of aromatic nitrogens is 1. The molecule has 2 rings (SSSR count). The van der Waals surface area contributed by atoms with E-state index in [4.69, 9.17) is 4.74 Å². The van der Waals surface area contributed by atoms with Crippen molar-refractivity contribution in [3.8, 4) is 0 Å². The molecule has 1 fully saturated rings. The first-order valence-corrected chi connectivity index (χ1v) is 7.56. The van der Waals surface area contributed by atoms with Crippen molar-refractivity contribution in [3.63, 3.8) is 0 Å². The highest BCUT2D eigenvalue weighted by Gasteiger charge is 2.27. The third-order valence-corrected chi connectivity index (χ3v) is 3.43. The third kappa shape index (κ3) is 5.25. The molecule has 1 N–H and O–H groups in total. The van der Waals surface area contributed by atoms with Crippen LogP contribution in [-0.4, -0.2) is 41.2 Å². The van der Waals surface area contributed by atoms with Gasteiger partial charge in [0.25, 0.3) is 0 Å². The topological polar surface area (TPSA) is 54.5 Å². The van der Waals surface area contributed by atoms with Crippen molar-refractivity contribution in [1.82, 2.24) is 9.88 Å². The molecule has 1 aromatic heterocycles. The molecule has 0 radical (unpaired) electrons. The van der Waals surface area contributed by atoms with Gasteiger partial charge in [0.2, 0.25) is 0 Å². The zero-order chi connectivity index (χ0) is 15.3. The van der Waals surface area contributed by atoms with Crippen LogP contribution in [0.15, 0.2) is 24.5 Å². The fraction of sp³-hybridized carbons (Fsp3) is 0.625. The van der Waals surface area contributed by atoms with Crippen molar-refractivity contribution in [2.75, 3.05) is 25.0 Å². The van der Waals surface area contributed by atoms with E-state index in [-0.39, 0.29) is 6.09 Å². The highest BCUT2D eigenvalue weighted by Crippen LogP contribution is 2.20. The van der Waals surface area contributed by atoms with E-state index in [1.807, 2.05) is 44.0 Å². The first-order chi connectivity index (χ1) is 9.94. The van der Waals surface area contributed by atoms with Crippen LogP contribution >= 0.6 is 0 Å². The van der Waals surface area contributed by atoms with Crippen LogP contribution in [0.5, 0.6) is 0 Å². The highest BCUT2D eigenvalue weighted by atomic mass is 16.6. The molecule has 0 saturated carbocycles. The molecule has 2 heterocycles. The summed E-state index contributed by atoms with van der Waals surface area (Å²) in [4.78, 5) is 18.0. The molecular formula is C16H25N3O2. The summed E-state index contributed by atoms with van der Waals surface area (Å²) in [6.45, 7) is 8.09. The Morgan fingerprint density at radius 3 is 3.00 bits per heavy atom. The van der Waals surface area contributed by atoms with Crippen molar-refractivity contribution < 1.29 is 9.53 Å². The van der Waals surface area contributed by atoms with Gasteiger partial charge >= 0.3 is 6.09 Å². The maximum Gasteiger partial charge on any atom is 0.410 e. The zero-order valence-corrected chi connectivity index (χ0v) is 13.1. The smallest absolute Gasteiger partial charge is 0.410 e. The molecule has 1 aliphatic rings. The van der Waals surface area contributed by atoms with Gasteiger partial charge in [0.15, 0.2) is 0 Å². The number of anilines is 1. The minimum Gasteiger partial charge on any atom is -0.444 e. The summed E-state index contributed by atoms with van der Waals surface area (Å²) in [5.41, 5.74) is 0.588. The maximum atomic E-state index is 12.1. The lowest BCUT2D eigenvalue weighted by atomic mass is 9.98. The first kappa shape index (κ1) is 15.6. The number of hydrogen-bond donors (Lipinski definition) is 1. The van der Waals surface area contributed by atoms with E-state index >= 15 is 0 Å². The van der Waals surface area contributed by atoms with Crippen LogP contribution in [0.3, 0.4) is 0 Å². The van der Waals surface area contributed by atoms with Crippen LogP contribution < -0.4 is 5.32 Å². The van der Waals surface area contributed by atoms with Gasteiger partial charge in [-0.1, -0.05) is 0 Å². The number of carbonyl (C=O) groups excluding carboxylic acids is 1. The molecule has 1 atom stereocenters. The number of piperidine rings is 1. The van der Waals surface area contributed by atoms with Gasteiger partial charge in [0.1, 0.15) is 5.60 Å². The zero-order valence-electron chi connectivity index (χ0n) is 13.1. The van der Waals surface area contributed by atoms with Crippen LogP contribution in [0.1, 0.15) is 33.6 Å². The largest absolute Gasteiger partial charge is 0.444 e. The third-order valence-electron chi connectivity index (χ3n) is 3.43. The van der Waals surface area contributed by atoms with Crippen molar-refractivity contribution >= 4 is 11.8 Å². The summed E-state index contributed by atoms with van der Waals surface area (Å²) in [5, 5.41) is 3.38. The molecule has 1 unspecified atom stereocenters. The molecule has 116 valence electrons. The maximum absolute atomic E-state index is 12.1. The summed E-state index contributed by atoms with van der Waals surface area (Å²) in [6, 6.07) is 3.91. The van der Waals surface area contributed by atoms with Gasteiger partial charge in [0.05, 0.1) is 5.69 Å². The molecule has 1 saturated heterocycles. The Labute approximate surface area is 126 Å². The minimum atomic E-state index is -0.433. The van der Waals surface area contributed by atoms with Gasteiger partial charge in [-0.25, -0.2) is 4.79 Å². The first-order valence-electron chi connectivity index (χ1n) is 7.56. The van der Waals surface area contributed by atoms with E-state index in [2.05, 4.69) is 10.3 Å². The van der Waals surface area contributed by atoms with Crippen LogP contribution in [-0.2, 0) is 4.74 Å². The molecule has 0 spiro atoms. The predicted molar refractivity (Wildman–Crippen MR) is 83.3 cm³/mol. The summed E-state index contributed by atoms with van der Waals surface area (Å²) in [7, 11) is 0. The van der Waals surface area contributed by atoms with E-state index < -0.39 is 5.60 Å². The summed E-state index contributed by atoms with van der Waals surface area (Å²) in [5.74, 6) is 0.450. The summed E-state index contributed by atoms with van der Waals surface area (Å²) >= 11 is 0. The monoisotopic (exact) mass is 291 g/mol. The summed E-state index contributed by atoms with van der Waals surface area (Å²) in [6.07, 6.45) is 5.53. The number of ether oxygens (including phenoxy) is 1. The molecular weight excluding hydrogens is 266 g/mol. The molecule has 5 heteroatoms. The molecule has 1 aliphatic heterocycles. The normalized spacial score (nSPS) is 19.2. The van der Waals surface area contributed by atoms with Crippen LogP contribution in [0, 0.1) is 5.92 Å². The van der Waals surface area contributed by atoms with Gasteiger partial charge in [-0.05, 0) is 51.7 Å². The standard InChI is InChI=1S/C16H25N3O2/c1-16(2,3)21-15(20)19-9-5-6-13(12-19)10-18-14-7-4-8-17-11-14/h4,7-8,11,13,18H,5-6,9-10,12H2,1-3H3. The Bertz CT molecular complexity index is 456. The second kappa shape index (κ2) is 6.78. The fourth-order valence-corrected chi connectivity index (χ4v) is 2.45. The molecule has 1 amide bonds. The Morgan fingerprint density at radius 1 is 1.52 bits per heavy atom. The van der Waals surface area contributed by atoms with Crippen LogP contribution in [0.25, 0.3) is 0 Å². The second-order valence-electron chi connectivity index (χ2n) is 6.56. The molecule has 1 aromatic rings. The molecule has 21 heavy (non-hydrogen) atoms. The van der Waals surface area contributed by atoms with E-state index in [0.29, 0.717) is 5.92 Å². The lowest BCUT2D eigenvalue weighted by Gasteiger charge is -2.34. The van der Waals surface area contributed by atoms with Gasteiger partial charge in [-0.3, -0.25) is 4.98 Å². The number of carbonyl (C=O) groups is 1. The molecule has 0 bridgehead atoms. The molecule has 0 aromatic carbocycles. The van der Waals surface area contributed by atoms with Crippen molar-refractivity contribution in [2.24, 2.45) is 5.92 Å². The van der Waals surface area contributed by atoms with E-state index in [0.717, 1.165) is 38.2 Å².